The van der Waals surface area contributed by atoms with Crippen molar-refractivity contribution in [2.45, 2.75) is 12.8 Å². The molecule has 0 bridgehead atoms. The molecule has 3 nitrogen and oxygen atoms in total. The largest absolute Gasteiger partial charge is 0.489 e. The van der Waals surface area contributed by atoms with Crippen LogP contribution >= 0.6 is 11.6 Å². The van der Waals surface area contributed by atoms with Gasteiger partial charge in [-0.05, 0) is 29.8 Å². The molecule has 0 spiro atoms. The van der Waals surface area contributed by atoms with Gasteiger partial charge in [0.1, 0.15) is 18.1 Å². The minimum atomic E-state index is -4.57. The highest BCUT2D eigenvalue weighted by Crippen LogP contribution is 2.27. The Bertz CT molecular complexity index is 850. The molecule has 0 radical (unpaired) electrons. The van der Waals surface area contributed by atoms with Crippen molar-refractivity contribution in [3.63, 3.8) is 0 Å². The van der Waals surface area contributed by atoms with Gasteiger partial charge >= 0.3 is 6.18 Å². The van der Waals surface area contributed by atoms with E-state index in [1.165, 1.54) is 19.2 Å². The van der Waals surface area contributed by atoms with Crippen molar-refractivity contribution >= 4 is 11.6 Å². The van der Waals surface area contributed by atoms with Crippen molar-refractivity contribution in [1.29, 1.82) is 0 Å². The van der Waals surface area contributed by atoms with E-state index in [9.17, 15) is 13.2 Å². The van der Waals surface area contributed by atoms with Gasteiger partial charge in [-0.25, -0.2) is 0 Å². The molecule has 0 aliphatic rings. The van der Waals surface area contributed by atoms with Crippen LogP contribution in [0.25, 0.3) is 0 Å². The molecule has 7 heteroatoms. The minimum Gasteiger partial charge on any atom is -0.489 e. The third kappa shape index (κ3) is 6.55. The molecule has 0 saturated carbocycles. The molecule has 2 aromatic carbocycles. The maximum atomic E-state index is 12.5. The number of alkyl halides is 3. The maximum absolute atomic E-state index is 12.5. The first-order valence-electron chi connectivity index (χ1n) is 7.70. The Morgan fingerprint density at radius 3 is 2.44 bits per heavy atom. The van der Waals surface area contributed by atoms with Gasteiger partial charge in [0.05, 0.1) is 11.1 Å². The molecular formula is C20H16ClF3O3. The van der Waals surface area contributed by atoms with Gasteiger partial charge in [0.2, 0.25) is 0 Å². The molecule has 0 N–H and O–H groups in total. The van der Waals surface area contributed by atoms with Gasteiger partial charge in [-0.1, -0.05) is 42.2 Å². The number of rotatable bonds is 6. The summed E-state index contributed by atoms with van der Waals surface area (Å²) in [6.07, 6.45) is -4.57. The van der Waals surface area contributed by atoms with Crippen molar-refractivity contribution in [1.82, 2.24) is 0 Å². The molecular weight excluding hydrogens is 381 g/mol. The third-order valence-corrected chi connectivity index (χ3v) is 3.55. The van der Waals surface area contributed by atoms with Crippen LogP contribution in [0, 0.1) is 11.8 Å². The molecule has 2 rings (SSSR count). The van der Waals surface area contributed by atoms with Crippen molar-refractivity contribution in [3.8, 4) is 23.3 Å². The first-order chi connectivity index (χ1) is 12.8. The molecule has 2 aromatic rings. The van der Waals surface area contributed by atoms with Gasteiger partial charge in [0.25, 0.3) is 0 Å². The number of methoxy groups -OCH3 is 1. The average molecular weight is 397 g/mol. The summed E-state index contributed by atoms with van der Waals surface area (Å²) in [6, 6.07) is 11.8. The summed E-state index contributed by atoms with van der Waals surface area (Å²) >= 11 is 5.84. The van der Waals surface area contributed by atoms with Crippen molar-refractivity contribution < 1.29 is 27.4 Å². The zero-order chi connectivity index (χ0) is 19.9. The Kier molecular flexibility index (Phi) is 7.17. The van der Waals surface area contributed by atoms with Crippen LogP contribution in [0.4, 0.5) is 13.2 Å². The van der Waals surface area contributed by atoms with Crippen LogP contribution in [0.15, 0.2) is 54.6 Å². The predicted molar refractivity (Wildman–Crippen MR) is 96.8 cm³/mol. The number of benzene rings is 2. The highest BCUT2D eigenvalue weighted by atomic mass is 35.5. The summed E-state index contributed by atoms with van der Waals surface area (Å²) in [4.78, 5) is 0. The van der Waals surface area contributed by atoms with E-state index in [1.807, 2.05) is 18.1 Å². The summed E-state index contributed by atoms with van der Waals surface area (Å²) < 4.78 is 53.5. The Morgan fingerprint density at radius 1 is 1.11 bits per heavy atom. The zero-order valence-corrected chi connectivity index (χ0v) is 15.2. The first-order valence-corrected chi connectivity index (χ1v) is 8.08. The molecule has 142 valence electrons. The van der Waals surface area contributed by atoms with Crippen LogP contribution in [-0.2, 0) is 11.3 Å². The lowest BCUT2D eigenvalue weighted by molar-refractivity contribution is -0.0868. The minimum absolute atomic E-state index is 0.0878. The number of allylic oxidation sites excluding steroid dienone is 1. The highest BCUT2D eigenvalue weighted by Gasteiger charge is 2.30. The van der Waals surface area contributed by atoms with E-state index in [1.54, 1.807) is 18.2 Å². The quantitative estimate of drug-likeness (QED) is 0.485. The lowest BCUT2D eigenvalue weighted by Crippen LogP contribution is -2.08. The Balaban J connectivity index is 2.17. The molecule has 0 aromatic heterocycles. The second-order valence-electron chi connectivity index (χ2n) is 5.35. The second-order valence-corrected chi connectivity index (χ2v) is 5.79. The van der Waals surface area contributed by atoms with Crippen LogP contribution in [-0.4, -0.2) is 20.1 Å². The lowest BCUT2D eigenvalue weighted by atomic mass is 10.1. The smallest absolute Gasteiger partial charge is 0.423 e. The van der Waals surface area contributed by atoms with Gasteiger partial charge in [0.15, 0.2) is 6.79 Å². The molecule has 0 heterocycles. The van der Waals surface area contributed by atoms with Gasteiger partial charge in [-0.2, -0.15) is 13.2 Å². The fourth-order valence-corrected chi connectivity index (χ4v) is 2.02. The van der Waals surface area contributed by atoms with Gasteiger partial charge in [-0.3, -0.25) is 0 Å². The van der Waals surface area contributed by atoms with Crippen molar-refractivity contribution in [2.75, 3.05) is 13.9 Å². The van der Waals surface area contributed by atoms with E-state index in [4.69, 9.17) is 25.8 Å². The zero-order valence-electron chi connectivity index (χ0n) is 14.4. The predicted octanol–water partition coefficient (Wildman–Crippen LogP) is 5.37. The van der Waals surface area contributed by atoms with Crippen LogP contribution in [0.1, 0.15) is 11.1 Å². The van der Waals surface area contributed by atoms with Gasteiger partial charge < -0.3 is 14.2 Å². The molecule has 0 amide bonds. The fourth-order valence-electron chi connectivity index (χ4n) is 1.90. The monoisotopic (exact) mass is 396 g/mol. The van der Waals surface area contributed by atoms with E-state index in [-0.39, 0.29) is 24.7 Å². The molecule has 0 fully saturated rings. The number of ether oxygens (including phenoxy) is 3. The lowest BCUT2D eigenvalue weighted by Gasteiger charge is -2.11. The molecule has 0 aliphatic heterocycles. The Labute approximate surface area is 160 Å². The molecule has 0 aliphatic carbocycles. The highest BCUT2D eigenvalue weighted by molar-refractivity contribution is 6.30. The summed E-state index contributed by atoms with van der Waals surface area (Å²) in [5.74, 6) is 5.12. The Hall–Kier alpha value is -2.62. The van der Waals surface area contributed by atoms with E-state index < -0.39 is 11.7 Å². The topological polar surface area (TPSA) is 27.7 Å². The SMILES string of the molecule is C=C(C#Cc1ccc(OCc2ccc(Cl)cc2)cc1OCOC)C(F)(F)F. The van der Waals surface area contributed by atoms with Crippen LogP contribution in [0.5, 0.6) is 11.5 Å². The number of hydrogen-bond donors (Lipinski definition) is 0. The summed E-state index contributed by atoms with van der Waals surface area (Å²) in [7, 11) is 1.43. The van der Waals surface area contributed by atoms with E-state index >= 15 is 0 Å². The van der Waals surface area contributed by atoms with Crippen molar-refractivity contribution in [3.05, 3.63) is 70.8 Å². The normalized spacial score (nSPS) is 10.7. The van der Waals surface area contributed by atoms with Crippen molar-refractivity contribution in [2.24, 2.45) is 0 Å². The summed E-state index contributed by atoms with van der Waals surface area (Å²) in [5, 5.41) is 0.623. The maximum Gasteiger partial charge on any atom is 0.423 e. The molecule has 0 saturated heterocycles. The van der Waals surface area contributed by atoms with E-state index in [2.05, 4.69) is 12.5 Å². The van der Waals surface area contributed by atoms with Crippen LogP contribution < -0.4 is 9.47 Å². The third-order valence-electron chi connectivity index (χ3n) is 3.29. The Morgan fingerprint density at radius 2 is 1.81 bits per heavy atom. The van der Waals surface area contributed by atoms with E-state index in [0.717, 1.165) is 5.56 Å². The molecule has 27 heavy (non-hydrogen) atoms. The van der Waals surface area contributed by atoms with Gasteiger partial charge in [0, 0.05) is 18.2 Å². The molecule has 0 unspecified atom stereocenters. The first kappa shape index (κ1) is 20.7. The van der Waals surface area contributed by atoms with Crippen LogP contribution in [0.2, 0.25) is 5.02 Å². The van der Waals surface area contributed by atoms with Crippen LogP contribution in [0.3, 0.4) is 0 Å². The van der Waals surface area contributed by atoms with E-state index in [0.29, 0.717) is 10.8 Å². The summed E-state index contributed by atoms with van der Waals surface area (Å²) in [6.45, 7) is 3.12. The van der Waals surface area contributed by atoms with Gasteiger partial charge in [-0.15, -0.1) is 0 Å². The standard InChI is InChI=1S/C20H16ClF3O3/c1-14(20(22,23)24)3-6-16-7-10-18(11-19(16)27-13-25-2)26-12-15-4-8-17(21)9-5-15/h4-5,7-11H,1,12-13H2,2H3. The fraction of sp³-hybridized carbons (Fsp3) is 0.200. The summed E-state index contributed by atoms with van der Waals surface area (Å²) in [5.41, 5.74) is 0.0312. The second kappa shape index (κ2) is 9.36. The molecule has 0 atom stereocenters. The average Bonchev–Trinajstić information content (AvgIpc) is 2.63. The number of halogens is 4. The number of hydrogen-bond acceptors (Lipinski definition) is 3.